The standard InChI is InChI=1S/C19H17ClN4O/c1-12-7-13(2)9-16(8-12)24-19(25)17-10-18(22-11-21-17)23-15-5-3-14(20)4-6-15/h3-11H,1-2H3,(H,24,25)(H,21,22,23). The van der Waals surface area contributed by atoms with Crippen molar-refractivity contribution in [2.45, 2.75) is 13.8 Å². The summed E-state index contributed by atoms with van der Waals surface area (Å²) >= 11 is 5.87. The first kappa shape index (κ1) is 16.9. The number of hydrogen-bond donors (Lipinski definition) is 2. The first-order chi connectivity index (χ1) is 12.0. The molecule has 0 saturated heterocycles. The molecule has 5 nitrogen and oxygen atoms in total. The summed E-state index contributed by atoms with van der Waals surface area (Å²) in [6, 6.07) is 14.7. The predicted molar refractivity (Wildman–Crippen MR) is 101 cm³/mol. The number of nitrogens with zero attached hydrogens (tertiary/aromatic N) is 2. The van der Waals surface area contributed by atoms with Crippen molar-refractivity contribution in [3.63, 3.8) is 0 Å². The molecule has 0 radical (unpaired) electrons. The van der Waals surface area contributed by atoms with Crippen molar-refractivity contribution in [3.8, 4) is 0 Å². The van der Waals surface area contributed by atoms with Gasteiger partial charge in [-0.05, 0) is 61.4 Å². The number of carbonyl (C=O) groups excluding carboxylic acids is 1. The van der Waals surface area contributed by atoms with Crippen molar-refractivity contribution in [3.05, 3.63) is 76.7 Å². The SMILES string of the molecule is Cc1cc(C)cc(NC(=O)c2cc(Nc3ccc(Cl)cc3)ncn2)c1. The second-order valence-electron chi connectivity index (χ2n) is 5.75. The van der Waals surface area contributed by atoms with E-state index in [0.717, 1.165) is 22.5 Å². The zero-order valence-electron chi connectivity index (χ0n) is 13.9. The number of nitrogens with one attached hydrogen (secondary N) is 2. The summed E-state index contributed by atoms with van der Waals surface area (Å²) in [6.45, 7) is 3.98. The third-order valence-corrected chi connectivity index (χ3v) is 3.75. The van der Waals surface area contributed by atoms with Gasteiger partial charge in [0.2, 0.25) is 0 Å². The zero-order valence-corrected chi connectivity index (χ0v) is 14.6. The molecule has 1 amide bonds. The van der Waals surface area contributed by atoms with Gasteiger partial charge in [0.1, 0.15) is 17.8 Å². The van der Waals surface area contributed by atoms with Gasteiger partial charge in [-0.2, -0.15) is 0 Å². The van der Waals surface area contributed by atoms with E-state index < -0.39 is 0 Å². The highest BCUT2D eigenvalue weighted by atomic mass is 35.5. The molecule has 0 fully saturated rings. The van der Waals surface area contributed by atoms with Crippen molar-refractivity contribution in [1.29, 1.82) is 0 Å². The summed E-state index contributed by atoms with van der Waals surface area (Å²) in [6.07, 6.45) is 1.36. The molecule has 3 aromatic rings. The fourth-order valence-corrected chi connectivity index (χ4v) is 2.60. The summed E-state index contributed by atoms with van der Waals surface area (Å²) in [5.74, 6) is 0.245. The molecule has 25 heavy (non-hydrogen) atoms. The Hall–Kier alpha value is -2.92. The maximum Gasteiger partial charge on any atom is 0.274 e. The number of aryl methyl sites for hydroxylation is 2. The van der Waals surface area contributed by atoms with Crippen LogP contribution in [-0.2, 0) is 0 Å². The lowest BCUT2D eigenvalue weighted by Crippen LogP contribution is -2.14. The Bertz CT molecular complexity index is 889. The largest absolute Gasteiger partial charge is 0.340 e. The van der Waals surface area contributed by atoms with Crippen LogP contribution in [0.3, 0.4) is 0 Å². The smallest absolute Gasteiger partial charge is 0.274 e. The van der Waals surface area contributed by atoms with Crippen LogP contribution in [0, 0.1) is 13.8 Å². The highest BCUT2D eigenvalue weighted by Crippen LogP contribution is 2.18. The Morgan fingerprint density at radius 3 is 2.28 bits per heavy atom. The van der Waals surface area contributed by atoms with Gasteiger partial charge in [0, 0.05) is 22.5 Å². The maximum absolute atomic E-state index is 12.4. The Balaban J connectivity index is 1.76. The van der Waals surface area contributed by atoms with Gasteiger partial charge >= 0.3 is 0 Å². The molecule has 126 valence electrons. The van der Waals surface area contributed by atoms with E-state index in [2.05, 4.69) is 26.7 Å². The molecular weight excluding hydrogens is 336 g/mol. The lowest BCUT2D eigenvalue weighted by atomic mass is 10.1. The second-order valence-corrected chi connectivity index (χ2v) is 6.19. The minimum atomic E-state index is -0.286. The Kier molecular flexibility index (Phi) is 4.95. The molecule has 0 aliphatic rings. The van der Waals surface area contributed by atoms with Gasteiger partial charge in [-0.1, -0.05) is 17.7 Å². The summed E-state index contributed by atoms with van der Waals surface area (Å²) in [7, 11) is 0. The van der Waals surface area contributed by atoms with Crippen LogP contribution in [0.25, 0.3) is 0 Å². The number of halogens is 1. The number of rotatable bonds is 4. The predicted octanol–water partition coefficient (Wildman–Crippen LogP) is 4.74. The first-order valence-corrected chi connectivity index (χ1v) is 8.12. The van der Waals surface area contributed by atoms with E-state index in [0.29, 0.717) is 10.8 Å². The molecule has 2 aromatic carbocycles. The average molecular weight is 353 g/mol. The zero-order chi connectivity index (χ0) is 17.8. The normalized spacial score (nSPS) is 10.4. The van der Waals surface area contributed by atoms with Gasteiger partial charge in [-0.15, -0.1) is 0 Å². The quantitative estimate of drug-likeness (QED) is 0.711. The molecule has 0 spiro atoms. The Morgan fingerprint density at radius 2 is 1.60 bits per heavy atom. The average Bonchev–Trinajstić information content (AvgIpc) is 2.56. The Labute approximate surface area is 151 Å². The van der Waals surface area contributed by atoms with Crippen molar-refractivity contribution < 1.29 is 4.79 Å². The molecule has 2 N–H and O–H groups in total. The van der Waals surface area contributed by atoms with Crippen LogP contribution in [-0.4, -0.2) is 15.9 Å². The van der Waals surface area contributed by atoms with Crippen molar-refractivity contribution in [2.24, 2.45) is 0 Å². The van der Waals surface area contributed by atoms with Gasteiger partial charge in [-0.3, -0.25) is 4.79 Å². The van der Waals surface area contributed by atoms with Crippen LogP contribution < -0.4 is 10.6 Å². The molecule has 0 aliphatic heterocycles. The maximum atomic E-state index is 12.4. The lowest BCUT2D eigenvalue weighted by Gasteiger charge is -2.09. The first-order valence-electron chi connectivity index (χ1n) is 7.74. The van der Waals surface area contributed by atoms with Crippen LogP contribution >= 0.6 is 11.6 Å². The van der Waals surface area contributed by atoms with Crippen LogP contribution in [0.2, 0.25) is 5.02 Å². The molecule has 3 rings (SSSR count). The van der Waals surface area contributed by atoms with E-state index in [9.17, 15) is 4.79 Å². The van der Waals surface area contributed by atoms with E-state index in [-0.39, 0.29) is 11.6 Å². The molecule has 0 atom stereocenters. The summed E-state index contributed by atoms with van der Waals surface area (Å²) in [5.41, 5.74) is 4.02. The number of aromatic nitrogens is 2. The minimum absolute atomic E-state index is 0.283. The molecular formula is C19H17ClN4O. The third-order valence-electron chi connectivity index (χ3n) is 3.50. The van der Waals surface area contributed by atoms with Crippen LogP contribution in [0.15, 0.2) is 54.9 Å². The van der Waals surface area contributed by atoms with Crippen molar-refractivity contribution in [1.82, 2.24) is 9.97 Å². The molecule has 6 heteroatoms. The molecule has 0 unspecified atom stereocenters. The lowest BCUT2D eigenvalue weighted by molar-refractivity contribution is 0.102. The summed E-state index contributed by atoms with van der Waals surface area (Å²) < 4.78 is 0. The molecule has 0 saturated carbocycles. The van der Waals surface area contributed by atoms with Gasteiger partial charge in [0.05, 0.1) is 0 Å². The van der Waals surface area contributed by atoms with Crippen LogP contribution in [0.4, 0.5) is 17.2 Å². The van der Waals surface area contributed by atoms with E-state index >= 15 is 0 Å². The minimum Gasteiger partial charge on any atom is -0.340 e. The number of benzene rings is 2. The topological polar surface area (TPSA) is 66.9 Å². The molecule has 1 aromatic heterocycles. The van der Waals surface area contributed by atoms with Crippen molar-refractivity contribution >= 4 is 34.7 Å². The fraction of sp³-hybridized carbons (Fsp3) is 0.105. The van der Waals surface area contributed by atoms with E-state index in [1.807, 2.05) is 38.1 Å². The highest BCUT2D eigenvalue weighted by molar-refractivity contribution is 6.30. The van der Waals surface area contributed by atoms with Crippen LogP contribution in [0.1, 0.15) is 21.6 Å². The van der Waals surface area contributed by atoms with Crippen molar-refractivity contribution in [2.75, 3.05) is 10.6 Å². The summed E-state index contributed by atoms with van der Waals surface area (Å²) in [4.78, 5) is 20.6. The highest BCUT2D eigenvalue weighted by Gasteiger charge is 2.10. The van der Waals surface area contributed by atoms with Gasteiger partial charge in [0.15, 0.2) is 0 Å². The molecule has 1 heterocycles. The van der Waals surface area contributed by atoms with Gasteiger partial charge < -0.3 is 10.6 Å². The number of carbonyl (C=O) groups is 1. The second kappa shape index (κ2) is 7.32. The summed E-state index contributed by atoms with van der Waals surface area (Å²) in [5, 5.41) is 6.64. The van der Waals surface area contributed by atoms with Gasteiger partial charge in [-0.25, -0.2) is 9.97 Å². The molecule has 0 bridgehead atoms. The van der Waals surface area contributed by atoms with E-state index in [1.165, 1.54) is 6.33 Å². The van der Waals surface area contributed by atoms with Gasteiger partial charge in [0.25, 0.3) is 5.91 Å². The fourth-order valence-electron chi connectivity index (χ4n) is 2.47. The van der Waals surface area contributed by atoms with E-state index in [1.54, 1.807) is 18.2 Å². The number of amides is 1. The van der Waals surface area contributed by atoms with E-state index in [4.69, 9.17) is 11.6 Å². The molecule has 0 aliphatic carbocycles. The third kappa shape index (κ3) is 4.55. The number of hydrogen-bond acceptors (Lipinski definition) is 4. The monoisotopic (exact) mass is 352 g/mol. The van der Waals surface area contributed by atoms with Crippen LogP contribution in [0.5, 0.6) is 0 Å². The number of anilines is 3. The Morgan fingerprint density at radius 1 is 0.920 bits per heavy atom.